The van der Waals surface area contributed by atoms with E-state index in [-0.39, 0.29) is 11.6 Å². The van der Waals surface area contributed by atoms with E-state index in [1.807, 2.05) is 109 Å². The molecule has 2 nitrogen and oxygen atoms in total. The van der Waals surface area contributed by atoms with Gasteiger partial charge in [0.05, 0.1) is 0 Å². The number of ketones is 2. The summed E-state index contributed by atoms with van der Waals surface area (Å²) in [7, 11) is 0. The summed E-state index contributed by atoms with van der Waals surface area (Å²) >= 11 is 0. The first-order valence-electron chi connectivity index (χ1n) is 10.6. The Balaban J connectivity index is 1.53. The molecule has 0 saturated heterocycles. The molecule has 0 heterocycles. The summed E-state index contributed by atoms with van der Waals surface area (Å²) in [6, 6.07) is 34.8. The summed E-state index contributed by atoms with van der Waals surface area (Å²) in [4.78, 5) is 26.1. The summed E-state index contributed by atoms with van der Waals surface area (Å²) in [6.07, 6.45) is 0. The minimum atomic E-state index is 0.0202. The highest BCUT2D eigenvalue weighted by Gasteiger charge is 2.16. The first kappa shape index (κ1) is 18.5. The first-order chi connectivity index (χ1) is 15.7. The standard InChI is InChI=1S/C30H18O2/c31-29(19-7-3-1-4-8-19)25-15-21-11-13-23-17-26(30(32)20-9-5-2-6-10-20)18-24-14-12-22(16-25)27(21)28(23)24/h1-18H. The van der Waals surface area contributed by atoms with Crippen LogP contribution in [0.4, 0.5) is 0 Å². The van der Waals surface area contributed by atoms with Crippen molar-refractivity contribution in [2.24, 2.45) is 0 Å². The Labute approximate surface area is 185 Å². The maximum absolute atomic E-state index is 13.0. The van der Waals surface area contributed by atoms with Crippen molar-refractivity contribution in [3.05, 3.63) is 131 Å². The number of hydrogen-bond donors (Lipinski definition) is 0. The van der Waals surface area contributed by atoms with E-state index in [0.29, 0.717) is 22.3 Å². The molecule has 6 rings (SSSR count). The van der Waals surface area contributed by atoms with Gasteiger partial charge in [-0.15, -0.1) is 0 Å². The van der Waals surface area contributed by atoms with Gasteiger partial charge >= 0.3 is 0 Å². The Bertz CT molecular complexity index is 1440. The van der Waals surface area contributed by atoms with Crippen LogP contribution in [0.25, 0.3) is 32.3 Å². The molecule has 0 radical (unpaired) electrons. The largest absolute Gasteiger partial charge is 0.289 e. The first-order valence-corrected chi connectivity index (χ1v) is 10.6. The smallest absolute Gasteiger partial charge is 0.193 e. The van der Waals surface area contributed by atoms with Gasteiger partial charge in [-0.05, 0) is 56.6 Å². The monoisotopic (exact) mass is 410 g/mol. The maximum atomic E-state index is 13.0. The second-order valence-electron chi connectivity index (χ2n) is 8.12. The Morgan fingerprint density at radius 2 is 0.688 bits per heavy atom. The number of benzene rings is 6. The molecule has 0 aliphatic carbocycles. The predicted octanol–water partition coefficient (Wildman–Crippen LogP) is 7.05. The van der Waals surface area contributed by atoms with Crippen LogP contribution in [0.2, 0.25) is 0 Å². The molecule has 32 heavy (non-hydrogen) atoms. The van der Waals surface area contributed by atoms with Crippen molar-refractivity contribution in [1.29, 1.82) is 0 Å². The summed E-state index contributed by atoms with van der Waals surface area (Å²) in [5.41, 5.74) is 2.73. The number of hydrogen-bond acceptors (Lipinski definition) is 2. The molecular formula is C30H18O2. The van der Waals surface area contributed by atoms with Crippen molar-refractivity contribution in [2.45, 2.75) is 0 Å². The molecule has 0 fully saturated rings. The van der Waals surface area contributed by atoms with Crippen LogP contribution in [-0.4, -0.2) is 11.6 Å². The zero-order chi connectivity index (χ0) is 21.7. The average Bonchev–Trinajstić information content (AvgIpc) is 2.87. The average molecular weight is 410 g/mol. The van der Waals surface area contributed by atoms with Crippen LogP contribution >= 0.6 is 0 Å². The number of carbonyl (C=O) groups is 2. The van der Waals surface area contributed by atoms with E-state index < -0.39 is 0 Å². The van der Waals surface area contributed by atoms with Crippen LogP contribution in [0.3, 0.4) is 0 Å². The van der Waals surface area contributed by atoms with E-state index in [9.17, 15) is 9.59 Å². The van der Waals surface area contributed by atoms with E-state index in [1.54, 1.807) is 0 Å². The van der Waals surface area contributed by atoms with Crippen LogP contribution in [0.1, 0.15) is 31.8 Å². The Morgan fingerprint density at radius 3 is 1.00 bits per heavy atom. The van der Waals surface area contributed by atoms with Crippen LogP contribution in [0, 0.1) is 0 Å². The van der Waals surface area contributed by atoms with Gasteiger partial charge in [-0.3, -0.25) is 9.59 Å². The highest BCUT2D eigenvalue weighted by Crippen LogP contribution is 2.36. The topological polar surface area (TPSA) is 34.1 Å². The van der Waals surface area contributed by atoms with Crippen LogP contribution in [0.5, 0.6) is 0 Å². The summed E-state index contributed by atoms with van der Waals surface area (Å²) in [5.74, 6) is 0.0405. The fourth-order valence-electron chi connectivity index (χ4n) is 4.61. The molecule has 0 amide bonds. The molecule has 0 bridgehead atoms. The molecular weight excluding hydrogens is 392 g/mol. The fourth-order valence-corrected chi connectivity index (χ4v) is 4.61. The zero-order valence-corrected chi connectivity index (χ0v) is 17.2. The second kappa shape index (κ2) is 7.14. The van der Waals surface area contributed by atoms with E-state index in [0.717, 1.165) is 32.3 Å². The third kappa shape index (κ3) is 2.89. The molecule has 0 aromatic heterocycles. The molecule has 0 spiro atoms. The molecule has 0 unspecified atom stereocenters. The zero-order valence-electron chi connectivity index (χ0n) is 17.2. The number of carbonyl (C=O) groups excluding carboxylic acids is 2. The molecule has 6 aromatic rings. The molecule has 0 aliphatic rings. The lowest BCUT2D eigenvalue weighted by molar-refractivity contribution is 0.103. The van der Waals surface area contributed by atoms with Gasteiger partial charge in [0.2, 0.25) is 0 Å². The highest BCUT2D eigenvalue weighted by molar-refractivity contribution is 6.26. The van der Waals surface area contributed by atoms with Crippen LogP contribution in [-0.2, 0) is 0 Å². The third-order valence-corrected chi connectivity index (χ3v) is 6.13. The molecule has 6 aromatic carbocycles. The quantitative estimate of drug-likeness (QED) is 0.231. The Hall–Kier alpha value is -4.30. The fraction of sp³-hybridized carbons (Fsp3) is 0. The summed E-state index contributed by atoms with van der Waals surface area (Å²) < 4.78 is 0. The van der Waals surface area contributed by atoms with Gasteiger partial charge in [0.1, 0.15) is 0 Å². The lowest BCUT2D eigenvalue weighted by Crippen LogP contribution is -2.02. The Kier molecular flexibility index (Phi) is 4.12. The van der Waals surface area contributed by atoms with Gasteiger partial charge < -0.3 is 0 Å². The van der Waals surface area contributed by atoms with Gasteiger partial charge in [-0.2, -0.15) is 0 Å². The minimum absolute atomic E-state index is 0.0202. The van der Waals surface area contributed by atoms with Crippen molar-refractivity contribution in [2.75, 3.05) is 0 Å². The lowest BCUT2D eigenvalue weighted by Gasteiger charge is -2.14. The van der Waals surface area contributed by atoms with Crippen molar-refractivity contribution < 1.29 is 9.59 Å². The van der Waals surface area contributed by atoms with Crippen LogP contribution in [0.15, 0.2) is 109 Å². The molecule has 0 aliphatic heterocycles. The van der Waals surface area contributed by atoms with Gasteiger partial charge in [0.15, 0.2) is 11.6 Å². The molecule has 0 saturated carbocycles. The van der Waals surface area contributed by atoms with Gasteiger partial charge in [-0.1, -0.05) is 84.9 Å². The molecule has 150 valence electrons. The summed E-state index contributed by atoms with van der Waals surface area (Å²) in [5, 5.41) is 6.37. The lowest BCUT2D eigenvalue weighted by atomic mass is 9.89. The van der Waals surface area contributed by atoms with Crippen LogP contribution < -0.4 is 0 Å². The van der Waals surface area contributed by atoms with E-state index in [4.69, 9.17) is 0 Å². The molecule has 0 N–H and O–H groups in total. The maximum Gasteiger partial charge on any atom is 0.193 e. The SMILES string of the molecule is O=C(c1ccccc1)c1cc2ccc3cc(C(=O)c4ccccc4)cc4ccc(c1)c2c34. The normalized spacial score (nSPS) is 11.4. The highest BCUT2D eigenvalue weighted by atomic mass is 16.1. The minimum Gasteiger partial charge on any atom is -0.289 e. The van der Waals surface area contributed by atoms with E-state index in [2.05, 4.69) is 0 Å². The van der Waals surface area contributed by atoms with E-state index >= 15 is 0 Å². The van der Waals surface area contributed by atoms with Crippen molar-refractivity contribution in [3.8, 4) is 0 Å². The van der Waals surface area contributed by atoms with E-state index in [1.165, 1.54) is 0 Å². The van der Waals surface area contributed by atoms with Gasteiger partial charge in [0.25, 0.3) is 0 Å². The second-order valence-corrected chi connectivity index (χ2v) is 8.12. The van der Waals surface area contributed by atoms with Crippen molar-refractivity contribution >= 4 is 43.9 Å². The summed E-state index contributed by atoms with van der Waals surface area (Å²) in [6.45, 7) is 0. The van der Waals surface area contributed by atoms with Gasteiger partial charge in [-0.25, -0.2) is 0 Å². The van der Waals surface area contributed by atoms with Gasteiger partial charge in [0, 0.05) is 22.3 Å². The van der Waals surface area contributed by atoms with Crippen molar-refractivity contribution in [3.63, 3.8) is 0 Å². The predicted molar refractivity (Wildman–Crippen MR) is 130 cm³/mol. The third-order valence-electron chi connectivity index (χ3n) is 6.13. The Morgan fingerprint density at radius 1 is 0.375 bits per heavy atom. The molecule has 2 heteroatoms. The van der Waals surface area contributed by atoms with Crippen molar-refractivity contribution in [1.82, 2.24) is 0 Å². The number of rotatable bonds is 4. The molecule has 0 atom stereocenters.